The average molecular weight is 288 g/mol. The van der Waals surface area contributed by atoms with Crippen LogP contribution in [0, 0.1) is 6.92 Å². The average Bonchev–Trinajstić information content (AvgIpc) is 3.07. The van der Waals surface area contributed by atoms with Crippen LogP contribution in [0.3, 0.4) is 0 Å². The van der Waals surface area contributed by atoms with Crippen molar-refractivity contribution in [1.82, 2.24) is 9.88 Å². The smallest absolute Gasteiger partial charge is 0.223 e. The molecule has 1 aromatic heterocycles. The lowest BCUT2D eigenvalue weighted by Crippen LogP contribution is -2.50. The second-order valence-electron chi connectivity index (χ2n) is 6.53. The van der Waals surface area contributed by atoms with E-state index in [2.05, 4.69) is 11.1 Å². The Morgan fingerprint density at radius 3 is 2.90 bits per heavy atom. The van der Waals surface area contributed by atoms with Crippen LogP contribution in [0.5, 0.6) is 0 Å². The molecule has 1 amide bonds. The summed E-state index contributed by atoms with van der Waals surface area (Å²) in [6.07, 6.45) is 9.50. The van der Waals surface area contributed by atoms with Crippen molar-refractivity contribution in [3.8, 4) is 0 Å². The van der Waals surface area contributed by atoms with Gasteiger partial charge in [-0.15, -0.1) is 0 Å². The fourth-order valence-electron chi connectivity index (χ4n) is 4.03. The van der Waals surface area contributed by atoms with Gasteiger partial charge in [-0.2, -0.15) is 0 Å². The molecule has 2 fully saturated rings. The standard InChI is InChI=1S/C17H24N2O2/c1-13-10-14(12-18-11-13)4-5-16(21)19-9-6-15(20)17(19)7-2-3-8-17/h10-12,15,20H,2-9H2,1H3. The predicted octanol–water partition coefficient (Wildman–Crippen LogP) is 2.23. The number of aliphatic hydroxyl groups excluding tert-OH is 1. The highest BCUT2D eigenvalue weighted by atomic mass is 16.3. The molecule has 114 valence electrons. The van der Waals surface area contributed by atoms with Gasteiger partial charge in [0, 0.05) is 25.4 Å². The summed E-state index contributed by atoms with van der Waals surface area (Å²) in [7, 11) is 0. The van der Waals surface area contributed by atoms with Crippen LogP contribution in [0.2, 0.25) is 0 Å². The summed E-state index contributed by atoms with van der Waals surface area (Å²) in [6, 6.07) is 2.09. The van der Waals surface area contributed by atoms with E-state index in [0.29, 0.717) is 13.0 Å². The molecule has 2 heterocycles. The molecular weight excluding hydrogens is 264 g/mol. The van der Waals surface area contributed by atoms with Gasteiger partial charge in [0.15, 0.2) is 0 Å². The third-order valence-electron chi connectivity index (χ3n) is 5.11. The third-order valence-corrected chi connectivity index (χ3v) is 5.11. The summed E-state index contributed by atoms with van der Waals surface area (Å²) >= 11 is 0. The molecule has 0 aromatic carbocycles. The number of pyridine rings is 1. The summed E-state index contributed by atoms with van der Waals surface area (Å²) in [5.74, 6) is 0.190. The van der Waals surface area contributed by atoms with Crippen LogP contribution in [0.4, 0.5) is 0 Å². The Bertz CT molecular complexity index is 523. The zero-order valence-corrected chi connectivity index (χ0v) is 12.7. The van der Waals surface area contributed by atoms with E-state index in [9.17, 15) is 9.90 Å². The second-order valence-corrected chi connectivity index (χ2v) is 6.53. The summed E-state index contributed by atoms with van der Waals surface area (Å²) in [5.41, 5.74) is 1.99. The molecule has 3 rings (SSSR count). The van der Waals surface area contributed by atoms with Gasteiger partial charge in [0.25, 0.3) is 0 Å². The number of aliphatic hydroxyl groups is 1. The van der Waals surface area contributed by atoms with E-state index >= 15 is 0 Å². The lowest BCUT2D eigenvalue weighted by molar-refractivity contribution is -0.137. The van der Waals surface area contributed by atoms with Crippen LogP contribution in [0.25, 0.3) is 0 Å². The largest absolute Gasteiger partial charge is 0.391 e. The van der Waals surface area contributed by atoms with E-state index in [-0.39, 0.29) is 17.6 Å². The van der Waals surface area contributed by atoms with E-state index < -0.39 is 0 Å². The van der Waals surface area contributed by atoms with Gasteiger partial charge < -0.3 is 10.0 Å². The Hall–Kier alpha value is -1.42. The summed E-state index contributed by atoms with van der Waals surface area (Å²) in [5, 5.41) is 10.3. The molecule has 4 heteroatoms. The van der Waals surface area contributed by atoms with E-state index in [4.69, 9.17) is 0 Å². The number of aromatic nitrogens is 1. The highest BCUT2D eigenvalue weighted by Gasteiger charge is 2.51. The molecule has 1 aromatic rings. The number of hydrogen-bond acceptors (Lipinski definition) is 3. The van der Waals surface area contributed by atoms with Crippen molar-refractivity contribution in [3.05, 3.63) is 29.6 Å². The van der Waals surface area contributed by atoms with Gasteiger partial charge in [-0.3, -0.25) is 9.78 Å². The van der Waals surface area contributed by atoms with Gasteiger partial charge in [-0.05, 0) is 43.7 Å². The summed E-state index contributed by atoms with van der Waals surface area (Å²) < 4.78 is 0. The fourth-order valence-corrected chi connectivity index (χ4v) is 4.03. The molecule has 0 radical (unpaired) electrons. The monoisotopic (exact) mass is 288 g/mol. The third kappa shape index (κ3) is 2.69. The molecule has 1 atom stereocenters. The van der Waals surface area contributed by atoms with E-state index in [0.717, 1.165) is 49.7 Å². The molecule has 1 saturated carbocycles. The maximum atomic E-state index is 12.6. The number of carbonyl (C=O) groups excluding carboxylic acids is 1. The zero-order valence-electron chi connectivity index (χ0n) is 12.7. The van der Waals surface area contributed by atoms with Crippen LogP contribution >= 0.6 is 0 Å². The lowest BCUT2D eigenvalue weighted by atomic mass is 9.91. The number of nitrogens with zero attached hydrogens (tertiary/aromatic N) is 2. The zero-order chi connectivity index (χ0) is 14.9. The lowest BCUT2D eigenvalue weighted by Gasteiger charge is -2.37. The van der Waals surface area contributed by atoms with Crippen LogP contribution < -0.4 is 0 Å². The molecule has 1 spiro atoms. The first-order chi connectivity index (χ1) is 10.1. The van der Waals surface area contributed by atoms with Gasteiger partial charge in [0.1, 0.15) is 0 Å². The Kier molecular flexibility index (Phi) is 3.98. The molecule has 1 N–H and O–H groups in total. The fraction of sp³-hybridized carbons (Fsp3) is 0.647. The topological polar surface area (TPSA) is 53.4 Å². The minimum atomic E-state index is -0.329. The molecule has 21 heavy (non-hydrogen) atoms. The molecule has 1 aliphatic heterocycles. The van der Waals surface area contributed by atoms with Crippen LogP contribution in [-0.4, -0.2) is 39.1 Å². The number of hydrogen-bond donors (Lipinski definition) is 1. The number of amides is 1. The van der Waals surface area contributed by atoms with Crippen molar-refractivity contribution in [1.29, 1.82) is 0 Å². The van der Waals surface area contributed by atoms with Gasteiger partial charge in [0.05, 0.1) is 11.6 Å². The first kappa shape index (κ1) is 14.5. The first-order valence-corrected chi connectivity index (χ1v) is 8.01. The number of aryl methyl sites for hydroxylation is 2. The Labute approximate surface area is 126 Å². The van der Waals surface area contributed by atoms with E-state index in [1.165, 1.54) is 0 Å². The van der Waals surface area contributed by atoms with Crippen molar-refractivity contribution in [2.24, 2.45) is 0 Å². The normalized spacial score (nSPS) is 23.9. The Morgan fingerprint density at radius 1 is 1.43 bits per heavy atom. The quantitative estimate of drug-likeness (QED) is 0.928. The first-order valence-electron chi connectivity index (χ1n) is 8.01. The summed E-state index contributed by atoms with van der Waals surface area (Å²) in [6.45, 7) is 2.73. The second kappa shape index (κ2) is 5.76. The van der Waals surface area contributed by atoms with Crippen molar-refractivity contribution in [2.75, 3.05) is 6.54 Å². The van der Waals surface area contributed by atoms with Gasteiger partial charge >= 0.3 is 0 Å². The Balaban J connectivity index is 1.65. The molecule has 2 aliphatic rings. The molecule has 0 bridgehead atoms. The minimum absolute atomic E-state index is 0.190. The number of rotatable bonds is 3. The van der Waals surface area contributed by atoms with Crippen molar-refractivity contribution < 1.29 is 9.90 Å². The molecular formula is C17H24N2O2. The summed E-state index contributed by atoms with van der Waals surface area (Å²) in [4.78, 5) is 18.8. The maximum absolute atomic E-state index is 12.6. The van der Waals surface area contributed by atoms with Crippen LogP contribution in [-0.2, 0) is 11.2 Å². The molecule has 1 unspecified atom stereocenters. The highest BCUT2D eigenvalue weighted by molar-refractivity contribution is 5.78. The SMILES string of the molecule is Cc1cncc(CCC(=O)N2CCC(O)C23CCCC3)c1. The van der Waals surface area contributed by atoms with Crippen LogP contribution in [0.15, 0.2) is 18.5 Å². The van der Waals surface area contributed by atoms with Gasteiger partial charge in [-0.1, -0.05) is 18.9 Å². The van der Waals surface area contributed by atoms with Crippen molar-refractivity contribution in [2.45, 2.75) is 63.5 Å². The number of likely N-dealkylation sites (tertiary alicyclic amines) is 1. The predicted molar refractivity (Wildman–Crippen MR) is 80.8 cm³/mol. The molecule has 1 aliphatic carbocycles. The molecule has 1 saturated heterocycles. The van der Waals surface area contributed by atoms with Gasteiger partial charge in [-0.25, -0.2) is 0 Å². The Morgan fingerprint density at radius 2 is 2.19 bits per heavy atom. The van der Waals surface area contributed by atoms with Gasteiger partial charge in [0.2, 0.25) is 5.91 Å². The van der Waals surface area contributed by atoms with Crippen molar-refractivity contribution >= 4 is 5.91 Å². The van der Waals surface area contributed by atoms with Crippen molar-refractivity contribution in [3.63, 3.8) is 0 Å². The minimum Gasteiger partial charge on any atom is -0.391 e. The molecule has 4 nitrogen and oxygen atoms in total. The maximum Gasteiger partial charge on any atom is 0.223 e. The highest BCUT2D eigenvalue weighted by Crippen LogP contribution is 2.43. The van der Waals surface area contributed by atoms with E-state index in [1.807, 2.05) is 24.2 Å². The van der Waals surface area contributed by atoms with E-state index in [1.54, 1.807) is 0 Å². The number of carbonyl (C=O) groups is 1. The van der Waals surface area contributed by atoms with Crippen LogP contribution in [0.1, 0.15) is 49.7 Å².